The fourth-order valence-electron chi connectivity index (χ4n) is 1.90. The molecule has 0 atom stereocenters. The van der Waals surface area contributed by atoms with Crippen LogP contribution in [-0.2, 0) is 0 Å². The van der Waals surface area contributed by atoms with Crippen LogP contribution >= 0.6 is 24.8 Å². The summed E-state index contributed by atoms with van der Waals surface area (Å²) in [5.74, 6) is 0. The third-order valence-electron chi connectivity index (χ3n) is 2.77. The van der Waals surface area contributed by atoms with Crippen LogP contribution in [-0.4, -0.2) is 6.21 Å². The molecule has 0 unspecified atom stereocenters. The zero-order chi connectivity index (χ0) is 11.5. The van der Waals surface area contributed by atoms with E-state index in [1.165, 1.54) is 11.1 Å². The first-order valence-corrected chi connectivity index (χ1v) is 5.58. The van der Waals surface area contributed by atoms with E-state index in [2.05, 4.69) is 52.8 Å². The van der Waals surface area contributed by atoms with Crippen molar-refractivity contribution in [2.75, 3.05) is 5.32 Å². The quantitative estimate of drug-likeness (QED) is 0.821. The average Bonchev–Trinajstić information content (AvgIpc) is 2.64. The molecule has 3 rings (SSSR count). The van der Waals surface area contributed by atoms with Gasteiger partial charge in [0, 0.05) is 29.9 Å². The molecule has 2 aromatic rings. The van der Waals surface area contributed by atoms with E-state index in [1.54, 1.807) is 6.20 Å². The second kappa shape index (κ2) is 6.98. The monoisotopic (exact) mass is 292 g/mol. The van der Waals surface area contributed by atoms with Crippen LogP contribution in [0.15, 0.2) is 65.9 Å². The van der Waals surface area contributed by atoms with Crippen LogP contribution in [0.2, 0.25) is 0 Å². The van der Waals surface area contributed by atoms with Crippen molar-refractivity contribution in [1.29, 1.82) is 0 Å². The minimum absolute atomic E-state index is 0. The number of rotatable bonds is 1. The normalized spacial score (nSPS) is 11.4. The summed E-state index contributed by atoms with van der Waals surface area (Å²) >= 11 is 0. The van der Waals surface area contributed by atoms with E-state index >= 15 is 0 Å². The second-order valence-corrected chi connectivity index (χ2v) is 3.91. The molecule has 1 aliphatic heterocycles. The second-order valence-electron chi connectivity index (χ2n) is 3.91. The van der Waals surface area contributed by atoms with E-state index in [1.807, 2.05) is 18.5 Å². The molecule has 2 nitrogen and oxygen atoms in total. The minimum Gasteiger partial charge on any atom is -0.360 e. The number of hydrogen-bond donors (Lipinski definition) is 1. The van der Waals surface area contributed by atoms with Gasteiger partial charge >= 0.3 is 0 Å². The standard InChI is InChI=1S/C15H12N2.2ClH/c1-2-4-12(5-3-1)13-6-7-15-14(10-13)11-16-8-9-17-15;;/h1-11,17H;2*1H. The molecule has 19 heavy (non-hydrogen) atoms. The van der Waals surface area contributed by atoms with Crippen LogP contribution in [0.3, 0.4) is 0 Å². The first-order chi connectivity index (χ1) is 8.43. The SMILES string of the molecule is C1=CNc2ccc(-c3ccccc3)cc2C=N1.Cl.Cl. The summed E-state index contributed by atoms with van der Waals surface area (Å²) in [5.41, 5.74) is 4.62. The van der Waals surface area contributed by atoms with Crippen molar-refractivity contribution in [2.45, 2.75) is 0 Å². The van der Waals surface area contributed by atoms with Crippen molar-refractivity contribution >= 4 is 36.7 Å². The van der Waals surface area contributed by atoms with Gasteiger partial charge in [-0.05, 0) is 23.3 Å². The lowest BCUT2D eigenvalue weighted by Gasteiger charge is -2.07. The van der Waals surface area contributed by atoms with Gasteiger partial charge in [0.15, 0.2) is 0 Å². The van der Waals surface area contributed by atoms with Gasteiger partial charge in [-0.2, -0.15) is 0 Å². The number of halogens is 2. The molecular weight excluding hydrogens is 279 g/mol. The van der Waals surface area contributed by atoms with E-state index in [-0.39, 0.29) is 24.8 Å². The molecule has 0 bridgehead atoms. The summed E-state index contributed by atoms with van der Waals surface area (Å²) < 4.78 is 0. The number of nitrogens with one attached hydrogen (secondary N) is 1. The summed E-state index contributed by atoms with van der Waals surface area (Å²) in [7, 11) is 0. The third kappa shape index (κ3) is 3.37. The van der Waals surface area contributed by atoms with E-state index < -0.39 is 0 Å². The summed E-state index contributed by atoms with van der Waals surface area (Å²) in [6.45, 7) is 0. The molecule has 1 heterocycles. The van der Waals surface area contributed by atoms with Gasteiger partial charge in [-0.25, -0.2) is 0 Å². The summed E-state index contributed by atoms with van der Waals surface area (Å²) in [4.78, 5) is 4.18. The molecule has 4 heteroatoms. The Morgan fingerprint density at radius 3 is 2.42 bits per heavy atom. The smallest absolute Gasteiger partial charge is 0.0469 e. The molecular formula is C15H14Cl2N2. The van der Waals surface area contributed by atoms with Crippen molar-refractivity contribution in [3.63, 3.8) is 0 Å². The Morgan fingerprint density at radius 1 is 0.842 bits per heavy atom. The predicted octanol–water partition coefficient (Wildman–Crippen LogP) is 4.51. The largest absolute Gasteiger partial charge is 0.360 e. The Hall–Kier alpha value is -1.77. The minimum atomic E-state index is 0. The van der Waals surface area contributed by atoms with Crippen LogP contribution in [0.4, 0.5) is 5.69 Å². The van der Waals surface area contributed by atoms with Gasteiger partial charge < -0.3 is 5.32 Å². The Labute approximate surface area is 125 Å². The zero-order valence-corrected chi connectivity index (χ0v) is 11.7. The highest BCUT2D eigenvalue weighted by Gasteiger charge is 2.03. The molecule has 0 radical (unpaired) electrons. The average molecular weight is 293 g/mol. The molecule has 0 saturated heterocycles. The number of anilines is 1. The lowest BCUT2D eigenvalue weighted by atomic mass is 10.0. The highest BCUT2D eigenvalue weighted by molar-refractivity contribution is 5.91. The number of hydrogen-bond acceptors (Lipinski definition) is 2. The Morgan fingerprint density at radius 2 is 1.63 bits per heavy atom. The van der Waals surface area contributed by atoms with Crippen LogP contribution in [0, 0.1) is 0 Å². The predicted molar refractivity (Wildman–Crippen MR) is 86.7 cm³/mol. The number of nitrogens with zero attached hydrogens (tertiary/aromatic N) is 1. The maximum absolute atomic E-state index is 4.18. The molecule has 0 spiro atoms. The van der Waals surface area contributed by atoms with Crippen LogP contribution in [0.5, 0.6) is 0 Å². The maximum atomic E-state index is 4.18. The number of benzene rings is 2. The summed E-state index contributed by atoms with van der Waals surface area (Å²) in [5, 5.41) is 3.20. The van der Waals surface area contributed by atoms with E-state index in [4.69, 9.17) is 0 Å². The van der Waals surface area contributed by atoms with E-state index in [0.29, 0.717) is 0 Å². The maximum Gasteiger partial charge on any atom is 0.0469 e. The lowest BCUT2D eigenvalue weighted by molar-refractivity contribution is 1.55. The van der Waals surface area contributed by atoms with Crippen LogP contribution in [0.25, 0.3) is 11.1 Å². The first-order valence-electron chi connectivity index (χ1n) is 5.58. The summed E-state index contributed by atoms with van der Waals surface area (Å²) in [6.07, 6.45) is 5.46. The molecule has 1 N–H and O–H groups in total. The van der Waals surface area contributed by atoms with Gasteiger partial charge in [0.05, 0.1) is 0 Å². The number of aliphatic imine (C=N–C) groups is 1. The molecule has 98 valence electrons. The number of fused-ring (bicyclic) bond motifs is 1. The fraction of sp³-hybridized carbons (Fsp3) is 0. The Bertz CT molecular complexity index is 592. The zero-order valence-electron chi connectivity index (χ0n) is 10.1. The molecule has 2 aromatic carbocycles. The van der Waals surface area contributed by atoms with Gasteiger partial charge in [0.25, 0.3) is 0 Å². The van der Waals surface area contributed by atoms with Gasteiger partial charge in [0.1, 0.15) is 0 Å². The van der Waals surface area contributed by atoms with Crippen LogP contribution in [0.1, 0.15) is 5.56 Å². The Kier molecular flexibility index (Phi) is 5.61. The third-order valence-corrected chi connectivity index (χ3v) is 2.77. The lowest BCUT2D eigenvalue weighted by Crippen LogP contribution is -1.92. The van der Waals surface area contributed by atoms with Gasteiger partial charge in [-0.15, -0.1) is 24.8 Å². The van der Waals surface area contributed by atoms with Gasteiger partial charge in [-0.3, -0.25) is 4.99 Å². The van der Waals surface area contributed by atoms with Crippen molar-refractivity contribution in [1.82, 2.24) is 0 Å². The molecule has 0 aromatic heterocycles. The molecule has 0 saturated carbocycles. The molecule has 1 aliphatic rings. The topological polar surface area (TPSA) is 24.4 Å². The first kappa shape index (κ1) is 15.3. The van der Waals surface area contributed by atoms with Crippen molar-refractivity contribution < 1.29 is 0 Å². The summed E-state index contributed by atoms with van der Waals surface area (Å²) in [6, 6.07) is 16.7. The highest BCUT2D eigenvalue weighted by Crippen LogP contribution is 2.25. The van der Waals surface area contributed by atoms with Crippen molar-refractivity contribution in [2.24, 2.45) is 4.99 Å². The van der Waals surface area contributed by atoms with Gasteiger partial charge in [0.2, 0.25) is 0 Å². The fourth-order valence-corrected chi connectivity index (χ4v) is 1.90. The van der Waals surface area contributed by atoms with Crippen molar-refractivity contribution in [3.8, 4) is 11.1 Å². The van der Waals surface area contributed by atoms with E-state index in [0.717, 1.165) is 11.3 Å². The van der Waals surface area contributed by atoms with E-state index in [9.17, 15) is 0 Å². The van der Waals surface area contributed by atoms with Crippen LogP contribution < -0.4 is 5.32 Å². The molecule has 0 fully saturated rings. The Balaban J connectivity index is 0.000000902. The molecule has 0 amide bonds. The van der Waals surface area contributed by atoms with Crippen molar-refractivity contribution in [3.05, 3.63) is 66.5 Å². The molecule has 0 aliphatic carbocycles. The highest BCUT2D eigenvalue weighted by atomic mass is 35.5. The van der Waals surface area contributed by atoms with Gasteiger partial charge in [-0.1, -0.05) is 36.4 Å².